The van der Waals surface area contributed by atoms with E-state index >= 15 is 0 Å². The molecule has 0 spiro atoms. The number of aryl methyl sites for hydroxylation is 1. The van der Waals surface area contributed by atoms with Crippen molar-refractivity contribution in [2.45, 2.75) is 39.8 Å². The molecular weight excluding hydrogens is 278 g/mol. The third kappa shape index (κ3) is 3.13. The van der Waals surface area contributed by atoms with Gasteiger partial charge in [0.25, 0.3) is 0 Å². The summed E-state index contributed by atoms with van der Waals surface area (Å²) in [7, 11) is 2.03. The summed E-state index contributed by atoms with van der Waals surface area (Å²) in [5.41, 5.74) is 3.97. The number of hydrogen-bond acceptors (Lipinski definition) is 6. The minimum atomic E-state index is 0.0681. The van der Waals surface area contributed by atoms with Gasteiger partial charge < -0.3 is 10.0 Å². The second-order valence-electron chi connectivity index (χ2n) is 4.83. The summed E-state index contributed by atoms with van der Waals surface area (Å²) >= 11 is 3.24. The normalized spacial score (nSPS) is 11.3. The number of rotatable bonds is 5. The van der Waals surface area contributed by atoms with Crippen LogP contribution in [-0.4, -0.2) is 22.1 Å². The third-order valence-corrected chi connectivity index (χ3v) is 5.05. The van der Waals surface area contributed by atoms with Crippen LogP contribution in [0.1, 0.15) is 40.9 Å². The van der Waals surface area contributed by atoms with Crippen LogP contribution < -0.4 is 4.90 Å². The van der Waals surface area contributed by atoms with Gasteiger partial charge in [0.15, 0.2) is 5.13 Å². The van der Waals surface area contributed by atoms with E-state index in [0.29, 0.717) is 5.92 Å². The lowest BCUT2D eigenvalue weighted by Gasteiger charge is -2.14. The van der Waals surface area contributed by atoms with Crippen LogP contribution in [0.3, 0.4) is 0 Å². The first-order chi connectivity index (χ1) is 9.02. The molecule has 0 atom stereocenters. The van der Waals surface area contributed by atoms with Crippen molar-refractivity contribution in [2.75, 3.05) is 11.9 Å². The summed E-state index contributed by atoms with van der Waals surface area (Å²) in [4.78, 5) is 13.3. The summed E-state index contributed by atoms with van der Waals surface area (Å²) < 4.78 is 0. The third-order valence-electron chi connectivity index (χ3n) is 2.96. The molecule has 19 heavy (non-hydrogen) atoms. The van der Waals surface area contributed by atoms with Crippen LogP contribution in [-0.2, 0) is 13.2 Å². The van der Waals surface area contributed by atoms with E-state index in [1.165, 1.54) is 4.88 Å². The maximum Gasteiger partial charge on any atom is 0.185 e. The van der Waals surface area contributed by atoms with Gasteiger partial charge in [0, 0.05) is 11.9 Å². The van der Waals surface area contributed by atoms with Crippen LogP contribution in [0.2, 0.25) is 0 Å². The molecule has 104 valence electrons. The maximum atomic E-state index is 9.41. The topological polar surface area (TPSA) is 49.2 Å². The number of nitrogens with zero attached hydrogens (tertiary/aromatic N) is 3. The Morgan fingerprint density at radius 1 is 1.37 bits per heavy atom. The first-order valence-electron chi connectivity index (χ1n) is 6.23. The standard InChI is InChI=1S/C13H19N3OS2/c1-8(2)12-11(6-17)19-13(15-12)16(4)5-10-9(3)14-7-18-10/h7-8,17H,5-6H2,1-4H3. The maximum absolute atomic E-state index is 9.41. The summed E-state index contributed by atoms with van der Waals surface area (Å²) in [6, 6.07) is 0. The lowest BCUT2D eigenvalue weighted by atomic mass is 10.1. The van der Waals surface area contributed by atoms with Gasteiger partial charge in [-0.15, -0.1) is 11.3 Å². The zero-order valence-corrected chi connectivity index (χ0v) is 13.3. The lowest BCUT2D eigenvalue weighted by Crippen LogP contribution is -2.16. The number of aliphatic hydroxyl groups excluding tert-OH is 1. The van der Waals surface area contributed by atoms with Crippen LogP contribution in [0.15, 0.2) is 5.51 Å². The van der Waals surface area contributed by atoms with E-state index in [9.17, 15) is 5.11 Å². The minimum absolute atomic E-state index is 0.0681. The van der Waals surface area contributed by atoms with Gasteiger partial charge in [-0.2, -0.15) is 0 Å². The Balaban J connectivity index is 2.19. The van der Waals surface area contributed by atoms with Crippen molar-refractivity contribution in [3.05, 3.63) is 26.7 Å². The van der Waals surface area contributed by atoms with Crippen LogP contribution in [0.5, 0.6) is 0 Å². The van der Waals surface area contributed by atoms with Crippen LogP contribution in [0.25, 0.3) is 0 Å². The van der Waals surface area contributed by atoms with Crippen LogP contribution in [0, 0.1) is 6.92 Å². The Bertz CT molecular complexity index is 548. The van der Waals surface area contributed by atoms with Crippen LogP contribution >= 0.6 is 22.7 Å². The van der Waals surface area contributed by atoms with Gasteiger partial charge in [0.2, 0.25) is 0 Å². The predicted octanol–water partition coefficient (Wildman–Crippen LogP) is 3.16. The number of aliphatic hydroxyl groups is 1. The molecule has 0 fully saturated rings. The van der Waals surface area contributed by atoms with Crippen molar-refractivity contribution in [1.82, 2.24) is 9.97 Å². The summed E-state index contributed by atoms with van der Waals surface area (Å²) in [5, 5.41) is 10.4. The highest BCUT2D eigenvalue weighted by Gasteiger charge is 2.16. The Labute approximate surface area is 121 Å². The fraction of sp³-hybridized carbons (Fsp3) is 0.538. The van der Waals surface area contributed by atoms with E-state index in [0.717, 1.165) is 27.9 Å². The van der Waals surface area contributed by atoms with Gasteiger partial charge in [-0.25, -0.2) is 9.97 Å². The van der Waals surface area contributed by atoms with Gasteiger partial charge in [-0.05, 0) is 12.8 Å². The van der Waals surface area contributed by atoms with E-state index in [2.05, 4.69) is 28.7 Å². The average Bonchev–Trinajstić information content (AvgIpc) is 2.96. The van der Waals surface area contributed by atoms with E-state index in [4.69, 9.17) is 0 Å². The zero-order valence-electron chi connectivity index (χ0n) is 11.7. The highest BCUT2D eigenvalue weighted by molar-refractivity contribution is 7.15. The molecule has 0 saturated heterocycles. The number of hydrogen-bond donors (Lipinski definition) is 1. The van der Waals surface area contributed by atoms with Gasteiger partial charge in [0.1, 0.15) is 0 Å². The molecule has 0 aliphatic heterocycles. The minimum Gasteiger partial charge on any atom is -0.391 e. The summed E-state index contributed by atoms with van der Waals surface area (Å²) in [6.45, 7) is 7.11. The second kappa shape index (κ2) is 5.98. The van der Waals surface area contributed by atoms with Crippen molar-refractivity contribution in [1.29, 1.82) is 0 Å². The van der Waals surface area contributed by atoms with Crippen molar-refractivity contribution < 1.29 is 5.11 Å². The molecule has 0 unspecified atom stereocenters. The van der Waals surface area contributed by atoms with Crippen molar-refractivity contribution in [3.63, 3.8) is 0 Å². The molecule has 2 rings (SSSR count). The monoisotopic (exact) mass is 297 g/mol. The highest BCUT2D eigenvalue weighted by atomic mass is 32.1. The Kier molecular flexibility index (Phi) is 4.54. The molecule has 0 saturated carbocycles. The molecule has 0 aromatic carbocycles. The molecule has 2 heterocycles. The van der Waals surface area contributed by atoms with Crippen molar-refractivity contribution in [3.8, 4) is 0 Å². The first kappa shape index (κ1) is 14.4. The Morgan fingerprint density at radius 2 is 2.11 bits per heavy atom. The average molecular weight is 297 g/mol. The highest BCUT2D eigenvalue weighted by Crippen LogP contribution is 2.31. The van der Waals surface area contributed by atoms with E-state index in [-0.39, 0.29) is 6.61 Å². The fourth-order valence-electron chi connectivity index (χ4n) is 1.84. The zero-order chi connectivity index (χ0) is 14.0. The molecular formula is C13H19N3OS2. The predicted molar refractivity (Wildman–Crippen MR) is 81.1 cm³/mol. The molecule has 0 aliphatic rings. The summed E-state index contributed by atoms with van der Waals surface area (Å²) in [5.74, 6) is 0.339. The molecule has 0 aliphatic carbocycles. The van der Waals surface area contributed by atoms with Crippen molar-refractivity contribution in [2.24, 2.45) is 0 Å². The molecule has 4 nitrogen and oxygen atoms in total. The molecule has 0 radical (unpaired) electrons. The Morgan fingerprint density at radius 3 is 2.58 bits per heavy atom. The van der Waals surface area contributed by atoms with E-state index in [1.807, 2.05) is 19.5 Å². The molecule has 0 amide bonds. The largest absolute Gasteiger partial charge is 0.391 e. The fourth-order valence-corrected chi connectivity index (χ4v) is 3.70. The smallest absolute Gasteiger partial charge is 0.185 e. The number of thiazole rings is 2. The molecule has 6 heteroatoms. The molecule has 2 aromatic rings. The van der Waals surface area contributed by atoms with Crippen LogP contribution in [0.4, 0.5) is 5.13 Å². The molecule has 0 bridgehead atoms. The van der Waals surface area contributed by atoms with Gasteiger partial charge in [0.05, 0.1) is 34.9 Å². The number of aromatic nitrogens is 2. The quantitative estimate of drug-likeness (QED) is 0.921. The first-order valence-corrected chi connectivity index (χ1v) is 7.93. The van der Waals surface area contributed by atoms with Gasteiger partial charge >= 0.3 is 0 Å². The van der Waals surface area contributed by atoms with E-state index < -0.39 is 0 Å². The van der Waals surface area contributed by atoms with Crippen molar-refractivity contribution >= 4 is 27.8 Å². The van der Waals surface area contributed by atoms with Gasteiger partial charge in [-0.3, -0.25) is 0 Å². The molecule has 2 aromatic heterocycles. The number of anilines is 1. The van der Waals surface area contributed by atoms with Gasteiger partial charge in [-0.1, -0.05) is 25.2 Å². The summed E-state index contributed by atoms with van der Waals surface area (Å²) in [6.07, 6.45) is 0. The Hall–Kier alpha value is -0.980. The second-order valence-corrected chi connectivity index (χ2v) is 6.84. The lowest BCUT2D eigenvalue weighted by molar-refractivity contribution is 0.283. The molecule has 1 N–H and O–H groups in total. The SMILES string of the molecule is Cc1ncsc1CN(C)c1nc(C(C)C)c(CO)s1. The van der Waals surface area contributed by atoms with E-state index in [1.54, 1.807) is 22.7 Å².